The fourth-order valence-electron chi connectivity index (χ4n) is 2.78. The van der Waals surface area contributed by atoms with E-state index in [0.717, 1.165) is 5.92 Å². The van der Waals surface area contributed by atoms with Crippen LogP contribution in [0, 0.1) is 17.3 Å². The van der Waals surface area contributed by atoms with E-state index in [-0.39, 0.29) is 5.60 Å². The van der Waals surface area contributed by atoms with E-state index in [1.54, 1.807) is 0 Å². The minimum Gasteiger partial charge on any atom is -0.372 e. The fraction of sp³-hybridized carbons (Fsp3) is 1.00. The van der Waals surface area contributed by atoms with E-state index < -0.39 is 0 Å². The van der Waals surface area contributed by atoms with Gasteiger partial charge in [-0.1, -0.05) is 27.7 Å². The monoisotopic (exact) mass is 226 g/mol. The molecule has 1 heteroatoms. The van der Waals surface area contributed by atoms with Crippen molar-refractivity contribution < 1.29 is 4.74 Å². The predicted octanol–water partition coefficient (Wildman–Crippen LogP) is 4.65. The van der Waals surface area contributed by atoms with Crippen LogP contribution in [-0.4, -0.2) is 11.7 Å². The van der Waals surface area contributed by atoms with Gasteiger partial charge in [-0.05, 0) is 57.3 Å². The van der Waals surface area contributed by atoms with Crippen molar-refractivity contribution in [2.45, 2.75) is 79.4 Å². The lowest BCUT2D eigenvalue weighted by atomic mass is 9.68. The molecular formula is C15H30O. The van der Waals surface area contributed by atoms with Gasteiger partial charge < -0.3 is 4.74 Å². The van der Waals surface area contributed by atoms with Gasteiger partial charge in [0.05, 0.1) is 11.7 Å². The molecule has 0 radical (unpaired) electrons. The molecule has 0 aromatic carbocycles. The first-order valence-corrected chi connectivity index (χ1v) is 6.77. The third-order valence-electron chi connectivity index (χ3n) is 3.82. The lowest BCUT2D eigenvalue weighted by Gasteiger charge is -2.42. The van der Waals surface area contributed by atoms with Crippen molar-refractivity contribution in [2.24, 2.45) is 17.3 Å². The maximum absolute atomic E-state index is 6.15. The van der Waals surface area contributed by atoms with Crippen molar-refractivity contribution in [2.75, 3.05) is 0 Å². The predicted molar refractivity (Wildman–Crippen MR) is 70.6 cm³/mol. The van der Waals surface area contributed by atoms with Gasteiger partial charge in [0, 0.05) is 0 Å². The number of ether oxygens (including phenoxy) is 1. The van der Waals surface area contributed by atoms with E-state index in [4.69, 9.17) is 4.74 Å². The minimum atomic E-state index is 0.00744. The van der Waals surface area contributed by atoms with Gasteiger partial charge in [-0.2, -0.15) is 0 Å². The van der Waals surface area contributed by atoms with Crippen LogP contribution in [0.2, 0.25) is 0 Å². The van der Waals surface area contributed by atoms with Gasteiger partial charge in [0.25, 0.3) is 0 Å². The van der Waals surface area contributed by atoms with E-state index in [0.29, 0.717) is 17.4 Å². The van der Waals surface area contributed by atoms with Gasteiger partial charge in [0.1, 0.15) is 0 Å². The zero-order valence-corrected chi connectivity index (χ0v) is 12.3. The Morgan fingerprint density at radius 1 is 0.938 bits per heavy atom. The van der Waals surface area contributed by atoms with Crippen LogP contribution in [0.25, 0.3) is 0 Å². The van der Waals surface area contributed by atoms with Gasteiger partial charge in [0.15, 0.2) is 0 Å². The Morgan fingerprint density at radius 3 is 1.88 bits per heavy atom. The summed E-state index contributed by atoms with van der Waals surface area (Å²) >= 11 is 0. The summed E-state index contributed by atoms with van der Waals surface area (Å²) in [6, 6.07) is 0. The Kier molecular flexibility index (Phi) is 4.10. The zero-order valence-electron chi connectivity index (χ0n) is 12.3. The Bertz CT molecular complexity index is 219. The molecule has 1 rings (SSSR count). The van der Waals surface area contributed by atoms with E-state index in [1.807, 2.05) is 0 Å². The lowest BCUT2D eigenvalue weighted by Crippen LogP contribution is -2.38. The second-order valence-corrected chi connectivity index (χ2v) is 7.62. The summed E-state index contributed by atoms with van der Waals surface area (Å²) in [6.45, 7) is 16.0. The zero-order chi connectivity index (χ0) is 12.6. The van der Waals surface area contributed by atoms with Crippen LogP contribution in [0.1, 0.15) is 67.7 Å². The van der Waals surface area contributed by atoms with E-state index >= 15 is 0 Å². The first-order chi connectivity index (χ1) is 7.09. The van der Waals surface area contributed by atoms with E-state index in [9.17, 15) is 0 Å². The lowest BCUT2D eigenvalue weighted by molar-refractivity contribution is -0.107. The summed E-state index contributed by atoms with van der Waals surface area (Å²) in [5, 5.41) is 0. The van der Waals surface area contributed by atoms with Crippen molar-refractivity contribution in [1.29, 1.82) is 0 Å². The highest BCUT2D eigenvalue weighted by Gasteiger charge is 2.35. The SMILES string of the molecule is CC1CC(C(C)(C)C)CCC1OC(C)(C)C. The Hall–Kier alpha value is -0.0400. The Labute approximate surface area is 102 Å². The standard InChI is InChI=1S/C15H30O/c1-11-10-12(14(2,3)4)8-9-13(11)16-15(5,6)7/h11-13H,8-10H2,1-7H3. The molecule has 1 aliphatic rings. The quantitative estimate of drug-likeness (QED) is 0.632. The van der Waals surface area contributed by atoms with Crippen molar-refractivity contribution in [3.63, 3.8) is 0 Å². The molecule has 16 heavy (non-hydrogen) atoms. The highest BCUT2D eigenvalue weighted by molar-refractivity contribution is 4.85. The summed E-state index contributed by atoms with van der Waals surface area (Å²) in [7, 11) is 0. The summed E-state index contributed by atoms with van der Waals surface area (Å²) in [5.41, 5.74) is 0.467. The molecule has 1 nitrogen and oxygen atoms in total. The summed E-state index contributed by atoms with van der Waals surface area (Å²) in [6.07, 6.45) is 4.36. The molecule has 0 aliphatic heterocycles. The molecule has 96 valence electrons. The van der Waals surface area contributed by atoms with Crippen LogP contribution < -0.4 is 0 Å². The van der Waals surface area contributed by atoms with Gasteiger partial charge >= 0.3 is 0 Å². The average Bonchev–Trinajstić information content (AvgIpc) is 2.04. The molecule has 0 saturated heterocycles. The summed E-state index contributed by atoms with van der Waals surface area (Å²) in [4.78, 5) is 0. The maximum Gasteiger partial charge on any atom is 0.0608 e. The van der Waals surface area contributed by atoms with Crippen molar-refractivity contribution in [3.8, 4) is 0 Å². The van der Waals surface area contributed by atoms with Gasteiger partial charge in [-0.3, -0.25) is 0 Å². The smallest absolute Gasteiger partial charge is 0.0608 e. The van der Waals surface area contributed by atoms with Crippen molar-refractivity contribution >= 4 is 0 Å². The first-order valence-electron chi connectivity index (χ1n) is 6.77. The van der Waals surface area contributed by atoms with Crippen LogP contribution >= 0.6 is 0 Å². The van der Waals surface area contributed by atoms with Gasteiger partial charge in [0.2, 0.25) is 0 Å². The van der Waals surface area contributed by atoms with Gasteiger partial charge in [-0.25, -0.2) is 0 Å². The van der Waals surface area contributed by atoms with Crippen LogP contribution in [0.15, 0.2) is 0 Å². The van der Waals surface area contributed by atoms with Gasteiger partial charge in [-0.15, -0.1) is 0 Å². The molecular weight excluding hydrogens is 196 g/mol. The second-order valence-electron chi connectivity index (χ2n) is 7.62. The van der Waals surface area contributed by atoms with Crippen LogP contribution in [0.3, 0.4) is 0 Å². The third-order valence-corrected chi connectivity index (χ3v) is 3.82. The first kappa shape index (κ1) is 14.0. The highest BCUT2D eigenvalue weighted by Crippen LogP contribution is 2.41. The minimum absolute atomic E-state index is 0.00744. The molecule has 1 fully saturated rings. The third kappa shape index (κ3) is 4.08. The Balaban J connectivity index is 2.53. The summed E-state index contributed by atoms with van der Waals surface area (Å²) in [5.74, 6) is 1.57. The molecule has 0 bridgehead atoms. The highest BCUT2D eigenvalue weighted by atomic mass is 16.5. The van der Waals surface area contributed by atoms with E-state index in [1.165, 1.54) is 19.3 Å². The van der Waals surface area contributed by atoms with Crippen molar-refractivity contribution in [1.82, 2.24) is 0 Å². The molecule has 0 heterocycles. The largest absolute Gasteiger partial charge is 0.372 e. The molecule has 0 spiro atoms. The molecule has 1 saturated carbocycles. The van der Waals surface area contributed by atoms with Crippen LogP contribution in [0.5, 0.6) is 0 Å². The molecule has 0 aromatic rings. The maximum atomic E-state index is 6.15. The van der Waals surface area contributed by atoms with Crippen LogP contribution in [-0.2, 0) is 4.74 Å². The molecule has 0 aromatic heterocycles. The average molecular weight is 226 g/mol. The van der Waals surface area contributed by atoms with E-state index in [2.05, 4.69) is 48.5 Å². The molecule has 1 aliphatic carbocycles. The molecule has 3 atom stereocenters. The van der Waals surface area contributed by atoms with Crippen LogP contribution in [0.4, 0.5) is 0 Å². The second kappa shape index (κ2) is 4.68. The number of hydrogen-bond donors (Lipinski definition) is 0. The van der Waals surface area contributed by atoms with Crippen molar-refractivity contribution in [3.05, 3.63) is 0 Å². The normalized spacial score (nSPS) is 32.8. The number of hydrogen-bond acceptors (Lipinski definition) is 1. The molecule has 3 unspecified atom stereocenters. The number of rotatable bonds is 1. The fourth-order valence-corrected chi connectivity index (χ4v) is 2.78. The topological polar surface area (TPSA) is 9.23 Å². The Morgan fingerprint density at radius 2 is 1.50 bits per heavy atom. The molecule has 0 N–H and O–H groups in total. The summed E-state index contributed by atoms with van der Waals surface area (Å²) < 4.78 is 6.15. The molecule has 0 amide bonds.